The summed E-state index contributed by atoms with van der Waals surface area (Å²) in [6.45, 7) is 1.15. The summed E-state index contributed by atoms with van der Waals surface area (Å²) in [5, 5.41) is 4.05. The summed E-state index contributed by atoms with van der Waals surface area (Å²) in [5.74, 6) is 1.01. The number of amides is 1. The van der Waals surface area contributed by atoms with Crippen LogP contribution in [0.15, 0.2) is 57.8 Å². The maximum absolute atomic E-state index is 12.7. The fourth-order valence-electron chi connectivity index (χ4n) is 3.19. The van der Waals surface area contributed by atoms with Crippen LogP contribution in [0.4, 0.5) is 0 Å². The third-order valence-corrected chi connectivity index (χ3v) is 5.25. The van der Waals surface area contributed by atoms with E-state index in [9.17, 15) is 4.79 Å². The highest BCUT2D eigenvalue weighted by atomic mass is 79.9. The van der Waals surface area contributed by atoms with Gasteiger partial charge in [-0.1, -0.05) is 33.2 Å². The van der Waals surface area contributed by atoms with Crippen LogP contribution < -0.4 is 5.73 Å². The van der Waals surface area contributed by atoms with Gasteiger partial charge in [-0.25, -0.2) is 0 Å². The molecule has 4 rings (SSSR count). The van der Waals surface area contributed by atoms with E-state index in [4.69, 9.17) is 10.3 Å². The van der Waals surface area contributed by atoms with Crippen molar-refractivity contribution in [2.75, 3.05) is 13.1 Å². The molecule has 2 atom stereocenters. The van der Waals surface area contributed by atoms with Crippen molar-refractivity contribution >= 4 is 21.8 Å². The average molecular weight is 428 g/mol. The Labute approximate surface area is 164 Å². The Balaban J connectivity index is 1.43. The Bertz CT molecular complexity index is 929. The van der Waals surface area contributed by atoms with Gasteiger partial charge >= 0.3 is 0 Å². The first-order valence-electron chi connectivity index (χ1n) is 8.65. The van der Waals surface area contributed by atoms with Crippen molar-refractivity contribution in [1.82, 2.24) is 20.0 Å². The summed E-state index contributed by atoms with van der Waals surface area (Å²) in [6.07, 6.45) is 4.15. The van der Waals surface area contributed by atoms with E-state index < -0.39 is 6.04 Å². The van der Waals surface area contributed by atoms with E-state index in [0.29, 0.717) is 24.8 Å². The number of carbonyl (C=O) groups is 1. The Morgan fingerprint density at radius 1 is 1.22 bits per heavy atom. The number of carbonyl (C=O) groups excluding carboxylic acids is 1. The number of nitrogens with two attached hydrogens (primary N) is 1. The van der Waals surface area contributed by atoms with E-state index >= 15 is 0 Å². The molecule has 0 saturated carbocycles. The molecule has 27 heavy (non-hydrogen) atoms. The SMILES string of the molecule is NC(C(=O)N1CCC(c2nc(-c3ccncc3)no2)C1)c1ccc(Br)cc1. The molecular formula is C19H18BrN5O2. The molecule has 0 aliphatic carbocycles. The van der Waals surface area contributed by atoms with Crippen molar-refractivity contribution in [3.63, 3.8) is 0 Å². The Hall–Kier alpha value is -2.58. The molecule has 1 fully saturated rings. The lowest BCUT2D eigenvalue weighted by molar-refractivity contribution is -0.131. The average Bonchev–Trinajstić information content (AvgIpc) is 3.38. The van der Waals surface area contributed by atoms with Crippen molar-refractivity contribution in [1.29, 1.82) is 0 Å². The predicted molar refractivity (Wildman–Crippen MR) is 103 cm³/mol. The highest BCUT2D eigenvalue weighted by Crippen LogP contribution is 2.29. The first-order valence-corrected chi connectivity index (χ1v) is 9.45. The summed E-state index contributed by atoms with van der Waals surface area (Å²) < 4.78 is 6.39. The number of likely N-dealkylation sites (tertiary alicyclic amines) is 1. The molecule has 3 heterocycles. The number of hydrogen-bond acceptors (Lipinski definition) is 6. The molecule has 7 nitrogen and oxygen atoms in total. The molecule has 8 heteroatoms. The number of benzene rings is 1. The predicted octanol–water partition coefficient (Wildman–Crippen LogP) is 2.91. The normalized spacial score (nSPS) is 17.9. The quantitative estimate of drug-likeness (QED) is 0.686. The van der Waals surface area contributed by atoms with Crippen molar-refractivity contribution in [2.45, 2.75) is 18.4 Å². The summed E-state index contributed by atoms with van der Waals surface area (Å²) >= 11 is 3.39. The maximum atomic E-state index is 12.7. The fraction of sp³-hybridized carbons (Fsp3) is 0.263. The summed E-state index contributed by atoms with van der Waals surface area (Å²) in [5.41, 5.74) is 7.81. The van der Waals surface area contributed by atoms with Crippen LogP contribution >= 0.6 is 15.9 Å². The van der Waals surface area contributed by atoms with Crippen LogP contribution in [0.1, 0.15) is 29.8 Å². The van der Waals surface area contributed by atoms with Crippen LogP contribution in [0, 0.1) is 0 Å². The van der Waals surface area contributed by atoms with Crippen LogP contribution in [0.25, 0.3) is 11.4 Å². The van der Waals surface area contributed by atoms with E-state index in [1.54, 1.807) is 17.3 Å². The van der Waals surface area contributed by atoms with Gasteiger partial charge in [0.2, 0.25) is 17.6 Å². The van der Waals surface area contributed by atoms with E-state index in [0.717, 1.165) is 22.0 Å². The monoisotopic (exact) mass is 427 g/mol. The first kappa shape index (κ1) is 17.8. The van der Waals surface area contributed by atoms with Gasteiger partial charge < -0.3 is 15.2 Å². The van der Waals surface area contributed by atoms with Crippen LogP contribution in [0.3, 0.4) is 0 Å². The number of hydrogen-bond donors (Lipinski definition) is 1. The molecule has 1 amide bonds. The van der Waals surface area contributed by atoms with Gasteiger partial charge in [0.15, 0.2) is 0 Å². The molecule has 2 unspecified atom stereocenters. The Morgan fingerprint density at radius 2 is 1.96 bits per heavy atom. The van der Waals surface area contributed by atoms with Gasteiger partial charge in [-0.2, -0.15) is 4.98 Å². The standard InChI is InChI=1S/C19H18BrN5O2/c20-15-3-1-12(2-4-15)16(21)19(26)25-10-7-14(11-25)18-23-17(24-27-18)13-5-8-22-9-6-13/h1-6,8-9,14,16H,7,10-11,21H2. The highest BCUT2D eigenvalue weighted by molar-refractivity contribution is 9.10. The van der Waals surface area contributed by atoms with Gasteiger partial charge in [-0.15, -0.1) is 0 Å². The molecular weight excluding hydrogens is 410 g/mol. The van der Waals surface area contributed by atoms with E-state index in [2.05, 4.69) is 31.1 Å². The molecule has 1 aliphatic heterocycles. The zero-order valence-corrected chi connectivity index (χ0v) is 16.0. The number of pyridine rings is 1. The molecule has 1 aliphatic rings. The van der Waals surface area contributed by atoms with Gasteiger partial charge in [0.1, 0.15) is 6.04 Å². The maximum Gasteiger partial charge on any atom is 0.244 e. The van der Waals surface area contributed by atoms with Gasteiger partial charge in [-0.05, 0) is 36.2 Å². The van der Waals surface area contributed by atoms with E-state index in [1.807, 2.05) is 36.4 Å². The molecule has 1 aromatic carbocycles. The minimum Gasteiger partial charge on any atom is -0.340 e. The van der Waals surface area contributed by atoms with Gasteiger partial charge in [-0.3, -0.25) is 9.78 Å². The second kappa shape index (κ2) is 7.58. The second-order valence-electron chi connectivity index (χ2n) is 6.49. The molecule has 2 N–H and O–H groups in total. The zero-order valence-electron chi connectivity index (χ0n) is 14.5. The molecule has 3 aromatic rings. The topological polar surface area (TPSA) is 98.1 Å². The lowest BCUT2D eigenvalue weighted by atomic mass is 10.1. The number of halogens is 1. The molecule has 0 radical (unpaired) electrons. The number of aromatic nitrogens is 3. The summed E-state index contributed by atoms with van der Waals surface area (Å²) in [6, 6.07) is 10.5. The zero-order chi connectivity index (χ0) is 18.8. The second-order valence-corrected chi connectivity index (χ2v) is 7.41. The first-order chi connectivity index (χ1) is 13.1. The smallest absolute Gasteiger partial charge is 0.244 e. The van der Waals surface area contributed by atoms with Gasteiger partial charge in [0.25, 0.3) is 0 Å². The Kier molecular flexibility index (Phi) is 5.00. The summed E-state index contributed by atoms with van der Waals surface area (Å²) in [4.78, 5) is 23.0. The van der Waals surface area contributed by atoms with Crippen LogP contribution in [-0.4, -0.2) is 39.0 Å². The minimum atomic E-state index is -0.674. The molecule has 2 aromatic heterocycles. The lowest BCUT2D eigenvalue weighted by Gasteiger charge is -2.20. The van der Waals surface area contributed by atoms with Gasteiger partial charge in [0, 0.05) is 35.5 Å². The fourth-order valence-corrected chi connectivity index (χ4v) is 3.45. The largest absolute Gasteiger partial charge is 0.340 e. The highest BCUT2D eigenvalue weighted by Gasteiger charge is 2.33. The van der Waals surface area contributed by atoms with E-state index in [1.165, 1.54) is 0 Å². The third kappa shape index (κ3) is 3.77. The molecule has 138 valence electrons. The van der Waals surface area contributed by atoms with E-state index in [-0.39, 0.29) is 11.8 Å². The summed E-state index contributed by atoms with van der Waals surface area (Å²) in [7, 11) is 0. The van der Waals surface area contributed by atoms with Crippen molar-refractivity contribution in [3.8, 4) is 11.4 Å². The lowest BCUT2D eigenvalue weighted by Crippen LogP contribution is -2.37. The number of rotatable bonds is 4. The Morgan fingerprint density at radius 3 is 2.70 bits per heavy atom. The van der Waals surface area contributed by atoms with Crippen LogP contribution in [0.2, 0.25) is 0 Å². The molecule has 0 spiro atoms. The van der Waals surface area contributed by atoms with Crippen molar-refractivity contribution in [2.24, 2.45) is 5.73 Å². The van der Waals surface area contributed by atoms with Crippen LogP contribution in [-0.2, 0) is 4.79 Å². The van der Waals surface area contributed by atoms with Gasteiger partial charge in [0.05, 0.1) is 5.92 Å². The van der Waals surface area contributed by atoms with Crippen molar-refractivity contribution in [3.05, 3.63) is 64.7 Å². The third-order valence-electron chi connectivity index (χ3n) is 4.72. The van der Waals surface area contributed by atoms with Crippen molar-refractivity contribution < 1.29 is 9.32 Å². The minimum absolute atomic E-state index is 0.0224. The molecule has 1 saturated heterocycles. The molecule has 0 bridgehead atoms. The van der Waals surface area contributed by atoms with Crippen LogP contribution in [0.5, 0.6) is 0 Å². The number of nitrogens with zero attached hydrogens (tertiary/aromatic N) is 4.